The standard InChI is InChI=1S/C20H20Cl2N4O3S/c1-24(2)18(28)19(29)25-6-5-20(10-25)11-26(14-4-3-12(21)7-13(14)20)17(27)8-16-23-9-15(22)30-16/h3-4,7,9H,5-6,8,10-11H2,1-2H3. The minimum absolute atomic E-state index is 0.0874. The van der Waals surface area contributed by atoms with E-state index in [9.17, 15) is 14.4 Å². The highest BCUT2D eigenvalue weighted by molar-refractivity contribution is 7.15. The van der Waals surface area contributed by atoms with Gasteiger partial charge in [0.05, 0.1) is 12.6 Å². The van der Waals surface area contributed by atoms with Crippen molar-refractivity contribution in [1.82, 2.24) is 14.8 Å². The number of halogens is 2. The maximum atomic E-state index is 13.1. The predicted octanol–water partition coefficient (Wildman–Crippen LogP) is 2.60. The minimum Gasteiger partial charge on any atom is -0.341 e. The molecule has 10 heteroatoms. The number of aromatic nitrogens is 1. The van der Waals surface area contributed by atoms with Crippen LogP contribution < -0.4 is 4.90 Å². The summed E-state index contributed by atoms with van der Waals surface area (Å²) in [6, 6.07) is 5.47. The van der Waals surface area contributed by atoms with Gasteiger partial charge in [0.15, 0.2) is 0 Å². The summed E-state index contributed by atoms with van der Waals surface area (Å²) in [6.07, 6.45) is 2.34. The Balaban J connectivity index is 1.61. The normalized spacial score (nSPS) is 20.0. The van der Waals surface area contributed by atoms with Gasteiger partial charge >= 0.3 is 11.8 Å². The van der Waals surface area contributed by atoms with Crippen molar-refractivity contribution < 1.29 is 14.4 Å². The van der Waals surface area contributed by atoms with Gasteiger partial charge in [0.1, 0.15) is 9.34 Å². The topological polar surface area (TPSA) is 73.8 Å². The van der Waals surface area contributed by atoms with E-state index in [1.54, 1.807) is 30.0 Å². The molecule has 0 N–H and O–H groups in total. The third-order valence-corrected chi connectivity index (χ3v) is 6.99. The number of anilines is 1. The van der Waals surface area contributed by atoms with Gasteiger partial charge in [-0.15, -0.1) is 11.3 Å². The number of amides is 3. The number of rotatable bonds is 2. The van der Waals surface area contributed by atoms with Crippen molar-refractivity contribution in [2.75, 3.05) is 38.6 Å². The van der Waals surface area contributed by atoms with Crippen LogP contribution in [0.25, 0.3) is 0 Å². The van der Waals surface area contributed by atoms with Crippen molar-refractivity contribution in [2.24, 2.45) is 0 Å². The Morgan fingerprint density at radius 1 is 1.23 bits per heavy atom. The van der Waals surface area contributed by atoms with Crippen LogP contribution in [0.5, 0.6) is 0 Å². The van der Waals surface area contributed by atoms with E-state index >= 15 is 0 Å². The molecule has 1 atom stereocenters. The van der Waals surface area contributed by atoms with Crippen LogP contribution in [0.15, 0.2) is 24.4 Å². The highest BCUT2D eigenvalue weighted by atomic mass is 35.5. The summed E-state index contributed by atoms with van der Waals surface area (Å²) in [5.41, 5.74) is 1.28. The van der Waals surface area contributed by atoms with Gasteiger partial charge in [0.2, 0.25) is 5.91 Å². The number of benzene rings is 1. The van der Waals surface area contributed by atoms with E-state index in [0.29, 0.717) is 40.4 Å². The van der Waals surface area contributed by atoms with Crippen molar-refractivity contribution in [3.05, 3.63) is 44.3 Å². The molecule has 2 aromatic rings. The Morgan fingerprint density at radius 2 is 2.00 bits per heavy atom. The zero-order valence-corrected chi connectivity index (χ0v) is 18.9. The number of nitrogens with zero attached hydrogens (tertiary/aromatic N) is 4. The van der Waals surface area contributed by atoms with Crippen LogP contribution >= 0.6 is 34.5 Å². The molecule has 158 valence electrons. The van der Waals surface area contributed by atoms with Crippen LogP contribution in [0.1, 0.15) is 17.0 Å². The van der Waals surface area contributed by atoms with E-state index in [1.807, 2.05) is 12.1 Å². The third-order valence-electron chi connectivity index (χ3n) is 5.64. The fourth-order valence-corrected chi connectivity index (χ4v) is 5.30. The number of carbonyl (C=O) groups excluding carboxylic acids is 3. The maximum absolute atomic E-state index is 13.1. The molecule has 1 aromatic heterocycles. The fraction of sp³-hybridized carbons (Fsp3) is 0.400. The molecule has 2 aliphatic heterocycles. The Kier molecular flexibility index (Phi) is 5.50. The lowest BCUT2D eigenvalue weighted by Gasteiger charge is -2.26. The monoisotopic (exact) mass is 466 g/mol. The van der Waals surface area contributed by atoms with Gasteiger partial charge in [-0.05, 0) is 30.2 Å². The van der Waals surface area contributed by atoms with Crippen LogP contribution in [0, 0.1) is 0 Å². The molecule has 3 heterocycles. The van der Waals surface area contributed by atoms with E-state index in [4.69, 9.17) is 23.2 Å². The summed E-state index contributed by atoms with van der Waals surface area (Å²) in [7, 11) is 3.12. The summed E-state index contributed by atoms with van der Waals surface area (Å²) in [5.74, 6) is -1.16. The molecule has 30 heavy (non-hydrogen) atoms. The lowest BCUT2D eigenvalue weighted by molar-refractivity contribution is -0.149. The van der Waals surface area contributed by atoms with Gasteiger partial charge in [-0.3, -0.25) is 14.4 Å². The van der Waals surface area contributed by atoms with E-state index < -0.39 is 17.2 Å². The van der Waals surface area contributed by atoms with Crippen molar-refractivity contribution in [2.45, 2.75) is 18.3 Å². The number of carbonyl (C=O) groups is 3. The quantitative estimate of drug-likeness (QED) is 0.637. The number of likely N-dealkylation sites (tertiary alicyclic amines) is 1. The summed E-state index contributed by atoms with van der Waals surface area (Å²) < 4.78 is 0.540. The molecule has 0 aliphatic carbocycles. The maximum Gasteiger partial charge on any atom is 0.312 e. The van der Waals surface area contributed by atoms with E-state index in [1.165, 1.54) is 22.4 Å². The van der Waals surface area contributed by atoms with Gasteiger partial charge < -0.3 is 14.7 Å². The number of likely N-dealkylation sites (N-methyl/N-ethyl adjacent to an activating group) is 1. The molecule has 1 fully saturated rings. The highest BCUT2D eigenvalue weighted by Crippen LogP contribution is 2.47. The van der Waals surface area contributed by atoms with Crippen molar-refractivity contribution in [1.29, 1.82) is 0 Å². The largest absolute Gasteiger partial charge is 0.341 e. The number of fused-ring (bicyclic) bond motifs is 2. The van der Waals surface area contributed by atoms with Crippen LogP contribution in [-0.4, -0.2) is 66.2 Å². The molecule has 1 spiro atoms. The molecule has 0 bridgehead atoms. The Hall–Kier alpha value is -2.16. The van der Waals surface area contributed by atoms with Crippen LogP contribution in [0.4, 0.5) is 5.69 Å². The van der Waals surface area contributed by atoms with Crippen molar-refractivity contribution >= 4 is 57.9 Å². The van der Waals surface area contributed by atoms with Gasteiger partial charge in [-0.2, -0.15) is 0 Å². The van der Waals surface area contributed by atoms with E-state index in [-0.39, 0.29) is 12.3 Å². The van der Waals surface area contributed by atoms with Gasteiger partial charge in [0, 0.05) is 49.9 Å². The molecule has 1 unspecified atom stereocenters. The zero-order valence-electron chi connectivity index (χ0n) is 16.5. The Morgan fingerprint density at radius 3 is 2.67 bits per heavy atom. The average Bonchev–Trinajstić information content (AvgIpc) is 3.39. The first-order valence-electron chi connectivity index (χ1n) is 9.41. The van der Waals surface area contributed by atoms with E-state index in [2.05, 4.69) is 4.98 Å². The molecule has 3 amide bonds. The number of thiazole rings is 1. The summed E-state index contributed by atoms with van der Waals surface area (Å²) in [4.78, 5) is 46.6. The first-order valence-corrected chi connectivity index (χ1v) is 11.0. The molecular weight excluding hydrogens is 447 g/mol. The molecule has 1 saturated heterocycles. The third kappa shape index (κ3) is 3.68. The Labute approximate surface area is 188 Å². The smallest absolute Gasteiger partial charge is 0.312 e. The van der Waals surface area contributed by atoms with Crippen molar-refractivity contribution in [3.8, 4) is 0 Å². The molecular formula is C20H20Cl2N4O3S. The SMILES string of the molecule is CN(C)C(=O)C(=O)N1CCC2(C1)CN(C(=O)Cc1ncc(Cl)s1)c1ccc(Cl)cc12. The predicted molar refractivity (Wildman–Crippen MR) is 116 cm³/mol. The molecule has 2 aliphatic rings. The minimum atomic E-state index is -0.551. The van der Waals surface area contributed by atoms with Crippen LogP contribution in [0.2, 0.25) is 9.36 Å². The number of hydrogen-bond acceptors (Lipinski definition) is 5. The second-order valence-electron chi connectivity index (χ2n) is 7.83. The summed E-state index contributed by atoms with van der Waals surface area (Å²) in [5, 5.41) is 1.23. The highest BCUT2D eigenvalue weighted by Gasteiger charge is 2.50. The molecule has 7 nitrogen and oxygen atoms in total. The van der Waals surface area contributed by atoms with Crippen molar-refractivity contribution in [3.63, 3.8) is 0 Å². The first-order chi connectivity index (χ1) is 14.2. The van der Waals surface area contributed by atoms with Gasteiger partial charge in [-0.1, -0.05) is 23.2 Å². The van der Waals surface area contributed by atoms with Gasteiger partial charge in [0.25, 0.3) is 0 Å². The average molecular weight is 467 g/mol. The molecule has 0 saturated carbocycles. The molecule has 1 aromatic carbocycles. The second kappa shape index (κ2) is 7.83. The summed E-state index contributed by atoms with van der Waals surface area (Å²) in [6.45, 7) is 1.25. The van der Waals surface area contributed by atoms with Gasteiger partial charge in [-0.25, -0.2) is 4.98 Å². The first kappa shape index (κ1) is 21.1. The van der Waals surface area contributed by atoms with Crippen LogP contribution in [-0.2, 0) is 26.2 Å². The lowest BCUT2D eigenvalue weighted by Crippen LogP contribution is -2.44. The van der Waals surface area contributed by atoms with E-state index in [0.717, 1.165) is 11.3 Å². The summed E-state index contributed by atoms with van der Waals surface area (Å²) >= 11 is 13.5. The number of hydrogen-bond donors (Lipinski definition) is 0. The zero-order chi connectivity index (χ0) is 21.6. The Bertz CT molecular complexity index is 1040. The second-order valence-corrected chi connectivity index (χ2v) is 10.0. The lowest BCUT2D eigenvalue weighted by atomic mass is 9.81. The van der Waals surface area contributed by atoms with Crippen LogP contribution in [0.3, 0.4) is 0 Å². The molecule has 4 rings (SSSR count). The molecule has 0 radical (unpaired) electrons. The fourth-order valence-electron chi connectivity index (χ4n) is 4.18.